The molecule has 4 rings (SSSR count). The summed E-state index contributed by atoms with van der Waals surface area (Å²) in [5.41, 5.74) is 0.273. The standard InChI is InChI=1S/C22H20FN3O4S.ClH/c23-17-7-4-6-16(14-17)19-21(31(29,30)18-8-2-1-3-9-18)20(27)22(28)26(19)12-5-11-25-13-10-24-15-25;/h1-4,6-10,13-15,19,27H,5,11-12H2;1H. The zero-order valence-corrected chi connectivity index (χ0v) is 18.5. The number of hydrogen-bond acceptors (Lipinski definition) is 5. The Morgan fingerprint density at radius 1 is 1.06 bits per heavy atom. The van der Waals surface area contributed by atoms with E-state index in [1.807, 2.05) is 4.57 Å². The van der Waals surface area contributed by atoms with Crippen molar-refractivity contribution in [2.24, 2.45) is 0 Å². The van der Waals surface area contributed by atoms with Crippen LogP contribution in [0.4, 0.5) is 4.39 Å². The quantitative estimate of drug-likeness (QED) is 0.560. The second kappa shape index (κ2) is 9.54. The summed E-state index contributed by atoms with van der Waals surface area (Å²) in [6.45, 7) is 0.706. The van der Waals surface area contributed by atoms with E-state index in [1.54, 1.807) is 43.0 Å². The lowest BCUT2D eigenvalue weighted by atomic mass is 10.1. The predicted molar refractivity (Wildman–Crippen MR) is 118 cm³/mol. The molecule has 7 nitrogen and oxygen atoms in total. The smallest absolute Gasteiger partial charge is 0.290 e. The zero-order valence-electron chi connectivity index (χ0n) is 16.8. The largest absolute Gasteiger partial charge is 0.502 e. The van der Waals surface area contributed by atoms with Crippen LogP contribution in [0.3, 0.4) is 0 Å². The minimum atomic E-state index is -4.20. The van der Waals surface area contributed by atoms with Gasteiger partial charge in [-0.15, -0.1) is 12.4 Å². The van der Waals surface area contributed by atoms with E-state index in [0.29, 0.717) is 13.0 Å². The minimum Gasteiger partial charge on any atom is -0.502 e. The van der Waals surface area contributed by atoms with Crippen molar-refractivity contribution < 1.29 is 22.7 Å². The highest BCUT2D eigenvalue weighted by Crippen LogP contribution is 2.42. The van der Waals surface area contributed by atoms with Crippen LogP contribution in [0.2, 0.25) is 0 Å². The molecule has 1 aromatic heterocycles. The summed E-state index contributed by atoms with van der Waals surface area (Å²) in [6, 6.07) is 11.8. The zero-order chi connectivity index (χ0) is 22.0. The third-order valence-electron chi connectivity index (χ3n) is 5.14. The van der Waals surface area contributed by atoms with Gasteiger partial charge in [0.15, 0.2) is 5.76 Å². The van der Waals surface area contributed by atoms with Crippen molar-refractivity contribution in [3.8, 4) is 0 Å². The molecule has 3 aromatic rings. The molecule has 2 heterocycles. The number of amides is 1. The first kappa shape index (κ1) is 23.5. The molecular weight excluding hydrogens is 457 g/mol. The molecule has 0 aliphatic carbocycles. The van der Waals surface area contributed by atoms with Crippen LogP contribution >= 0.6 is 12.4 Å². The lowest BCUT2D eigenvalue weighted by molar-refractivity contribution is -0.129. The molecule has 1 aliphatic rings. The Bertz CT molecular complexity index is 1230. The second-order valence-corrected chi connectivity index (χ2v) is 9.06. The molecule has 10 heteroatoms. The van der Waals surface area contributed by atoms with Crippen molar-refractivity contribution in [1.82, 2.24) is 14.5 Å². The number of imidazole rings is 1. The number of nitrogens with zero attached hydrogens (tertiary/aromatic N) is 3. The van der Waals surface area contributed by atoms with Crippen LogP contribution in [0.5, 0.6) is 0 Å². The summed E-state index contributed by atoms with van der Waals surface area (Å²) in [5.74, 6) is -2.19. The molecule has 32 heavy (non-hydrogen) atoms. The maximum atomic E-state index is 14.0. The minimum absolute atomic E-state index is 0. The Labute approximate surface area is 191 Å². The van der Waals surface area contributed by atoms with Crippen LogP contribution in [0, 0.1) is 5.82 Å². The van der Waals surface area contributed by atoms with Crippen molar-refractivity contribution in [3.05, 3.63) is 95.4 Å². The van der Waals surface area contributed by atoms with E-state index in [9.17, 15) is 22.7 Å². The van der Waals surface area contributed by atoms with Crippen LogP contribution in [-0.2, 0) is 21.2 Å². The Morgan fingerprint density at radius 3 is 2.47 bits per heavy atom. The number of halogens is 2. The van der Waals surface area contributed by atoms with Crippen molar-refractivity contribution in [1.29, 1.82) is 0 Å². The van der Waals surface area contributed by atoms with Crippen molar-refractivity contribution in [3.63, 3.8) is 0 Å². The van der Waals surface area contributed by atoms with Gasteiger partial charge in [0.1, 0.15) is 10.7 Å². The summed E-state index contributed by atoms with van der Waals surface area (Å²) in [7, 11) is -4.20. The molecule has 0 saturated heterocycles. The van der Waals surface area contributed by atoms with Crippen LogP contribution < -0.4 is 0 Å². The Hall–Kier alpha value is -3.17. The Kier molecular flexibility index (Phi) is 7.00. The predicted octanol–water partition coefficient (Wildman–Crippen LogP) is 3.66. The summed E-state index contributed by atoms with van der Waals surface area (Å²) < 4.78 is 42.5. The summed E-state index contributed by atoms with van der Waals surface area (Å²) in [6.07, 6.45) is 5.53. The number of aliphatic hydroxyl groups is 1. The van der Waals surface area contributed by atoms with E-state index in [0.717, 1.165) is 0 Å². The highest BCUT2D eigenvalue weighted by Gasteiger charge is 2.46. The van der Waals surface area contributed by atoms with Crippen molar-refractivity contribution in [2.45, 2.75) is 23.9 Å². The van der Waals surface area contributed by atoms with Gasteiger partial charge in [-0.3, -0.25) is 4.79 Å². The topological polar surface area (TPSA) is 92.5 Å². The number of carbonyl (C=O) groups excluding carboxylic acids is 1. The lowest BCUT2D eigenvalue weighted by Crippen LogP contribution is -2.32. The second-order valence-electron chi connectivity index (χ2n) is 7.14. The highest BCUT2D eigenvalue weighted by atomic mass is 35.5. The lowest BCUT2D eigenvalue weighted by Gasteiger charge is -2.27. The fourth-order valence-electron chi connectivity index (χ4n) is 3.71. The molecule has 0 fully saturated rings. The maximum Gasteiger partial charge on any atom is 0.290 e. The molecule has 1 amide bonds. The molecule has 0 saturated carbocycles. The number of sulfone groups is 1. The van der Waals surface area contributed by atoms with E-state index in [-0.39, 0.29) is 29.4 Å². The molecule has 1 atom stereocenters. The summed E-state index contributed by atoms with van der Waals surface area (Å²) >= 11 is 0. The van der Waals surface area contributed by atoms with Gasteiger partial charge in [-0.25, -0.2) is 17.8 Å². The molecular formula is C22H21ClFN3O4S. The van der Waals surface area contributed by atoms with Gasteiger partial charge < -0.3 is 14.6 Å². The fourth-order valence-corrected chi connectivity index (χ4v) is 5.38. The molecule has 168 valence electrons. The Balaban J connectivity index is 0.00000289. The number of aromatic nitrogens is 2. The maximum absolute atomic E-state index is 14.0. The van der Waals surface area contributed by atoms with Crippen molar-refractivity contribution in [2.75, 3.05) is 6.54 Å². The van der Waals surface area contributed by atoms with Gasteiger partial charge >= 0.3 is 0 Å². The van der Waals surface area contributed by atoms with Crippen LogP contribution in [0.15, 0.2) is 88.9 Å². The molecule has 1 N–H and O–H groups in total. The number of rotatable bonds is 7. The van der Waals surface area contributed by atoms with Gasteiger partial charge in [0.05, 0.1) is 17.3 Å². The molecule has 0 bridgehead atoms. The Morgan fingerprint density at radius 2 is 1.81 bits per heavy atom. The van der Waals surface area contributed by atoms with E-state index in [2.05, 4.69) is 4.98 Å². The number of aryl methyl sites for hydroxylation is 1. The summed E-state index contributed by atoms with van der Waals surface area (Å²) in [4.78, 5) is 17.6. The number of hydrogen-bond donors (Lipinski definition) is 1. The first-order chi connectivity index (χ1) is 14.9. The monoisotopic (exact) mass is 477 g/mol. The van der Waals surface area contributed by atoms with Gasteiger partial charge in [0, 0.05) is 25.5 Å². The van der Waals surface area contributed by atoms with Gasteiger partial charge in [0.2, 0.25) is 9.84 Å². The number of aliphatic hydroxyl groups excluding tert-OH is 1. The normalized spacial score (nSPS) is 16.3. The first-order valence-corrected chi connectivity index (χ1v) is 11.1. The number of carbonyl (C=O) groups is 1. The van der Waals surface area contributed by atoms with E-state index in [1.165, 1.54) is 35.2 Å². The molecule has 0 spiro atoms. The molecule has 2 aromatic carbocycles. The van der Waals surface area contributed by atoms with Crippen molar-refractivity contribution >= 4 is 28.2 Å². The molecule has 1 aliphatic heterocycles. The highest BCUT2D eigenvalue weighted by molar-refractivity contribution is 7.95. The average molecular weight is 478 g/mol. The van der Waals surface area contributed by atoms with Gasteiger partial charge in [-0.1, -0.05) is 30.3 Å². The van der Waals surface area contributed by atoms with Crippen LogP contribution in [0.1, 0.15) is 18.0 Å². The van der Waals surface area contributed by atoms with E-state index < -0.39 is 38.3 Å². The van der Waals surface area contributed by atoms with Crippen LogP contribution in [-0.4, -0.2) is 40.4 Å². The third-order valence-corrected chi connectivity index (χ3v) is 7.03. The summed E-state index contributed by atoms with van der Waals surface area (Å²) in [5, 5.41) is 10.6. The first-order valence-electron chi connectivity index (χ1n) is 9.65. The SMILES string of the molecule is Cl.O=C1C(O)=C(S(=O)(=O)c2ccccc2)C(c2cccc(F)c2)N1CCCn1ccnc1. The average Bonchev–Trinajstić information content (AvgIpc) is 3.37. The molecule has 0 radical (unpaired) electrons. The van der Waals surface area contributed by atoms with Crippen LogP contribution in [0.25, 0.3) is 0 Å². The number of benzene rings is 2. The van der Waals surface area contributed by atoms with Gasteiger partial charge in [0.25, 0.3) is 5.91 Å². The third kappa shape index (κ3) is 4.39. The van der Waals surface area contributed by atoms with Gasteiger partial charge in [-0.05, 0) is 36.2 Å². The van der Waals surface area contributed by atoms with E-state index in [4.69, 9.17) is 0 Å². The van der Waals surface area contributed by atoms with Gasteiger partial charge in [-0.2, -0.15) is 0 Å². The fraction of sp³-hybridized carbons (Fsp3) is 0.182. The molecule has 1 unspecified atom stereocenters. The van der Waals surface area contributed by atoms with E-state index >= 15 is 0 Å².